The molecular formula is C19H18Cl2N2O4. The number of halogens is 2. The van der Waals surface area contributed by atoms with E-state index in [0.717, 1.165) is 0 Å². The minimum absolute atomic E-state index is 0.0637. The van der Waals surface area contributed by atoms with Gasteiger partial charge < -0.3 is 20.1 Å². The van der Waals surface area contributed by atoms with Gasteiger partial charge >= 0.3 is 0 Å². The number of methoxy groups -OCH3 is 1. The maximum Gasteiger partial charge on any atom is 0.227 e. The first kappa shape index (κ1) is 19.3. The molecule has 1 aliphatic heterocycles. The first-order valence-electron chi connectivity index (χ1n) is 8.27. The van der Waals surface area contributed by atoms with Crippen molar-refractivity contribution in [3.63, 3.8) is 0 Å². The molecule has 6 nitrogen and oxygen atoms in total. The van der Waals surface area contributed by atoms with Gasteiger partial charge in [-0.2, -0.15) is 0 Å². The summed E-state index contributed by atoms with van der Waals surface area (Å²) in [5, 5.41) is 13.5. The van der Waals surface area contributed by atoms with Crippen LogP contribution in [0.1, 0.15) is 12.0 Å². The fourth-order valence-corrected chi connectivity index (χ4v) is 3.50. The van der Waals surface area contributed by atoms with E-state index in [2.05, 4.69) is 5.32 Å². The summed E-state index contributed by atoms with van der Waals surface area (Å²) in [6.45, 7) is 0.376. The number of phenols is 1. The van der Waals surface area contributed by atoms with Crippen LogP contribution in [-0.2, 0) is 16.1 Å². The Morgan fingerprint density at radius 1 is 1.26 bits per heavy atom. The lowest BCUT2D eigenvalue weighted by molar-refractivity contribution is -0.126. The van der Waals surface area contributed by atoms with Gasteiger partial charge in [0, 0.05) is 40.8 Å². The second kappa shape index (κ2) is 8.06. The van der Waals surface area contributed by atoms with Crippen LogP contribution >= 0.6 is 23.2 Å². The number of hydrogen-bond donors (Lipinski definition) is 2. The monoisotopic (exact) mass is 408 g/mol. The molecule has 1 aliphatic rings. The van der Waals surface area contributed by atoms with Crippen molar-refractivity contribution in [3.8, 4) is 11.5 Å². The smallest absolute Gasteiger partial charge is 0.227 e. The molecule has 2 N–H and O–H groups in total. The Hall–Kier alpha value is -2.44. The van der Waals surface area contributed by atoms with Crippen molar-refractivity contribution < 1.29 is 19.4 Å². The molecule has 8 heteroatoms. The third kappa shape index (κ3) is 4.46. The SMILES string of the molecule is COc1ccc(O)c(CNC(=O)[C@H]2CC(=O)N(c3cc(Cl)cc(Cl)c3)C2)c1. The summed E-state index contributed by atoms with van der Waals surface area (Å²) >= 11 is 12.0. The second-order valence-corrected chi connectivity index (χ2v) is 7.12. The highest BCUT2D eigenvalue weighted by Crippen LogP contribution is 2.30. The zero-order chi connectivity index (χ0) is 19.6. The minimum Gasteiger partial charge on any atom is -0.508 e. The largest absolute Gasteiger partial charge is 0.508 e. The number of rotatable bonds is 5. The van der Waals surface area contributed by atoms with Gasteiger partial charge in [-0.1, -0.05) is 23.2 Å². The van der Waals surface area contributed by atoms with Gasteiger partial charge in [-0.05, 0) is 36.4 Å². The van der Waals surface area contributed by atoms with Gasteiger partial charge in [0.1, 0.15) is 11.5 Å². The van der Waals surface area contributed by atoms with Crippen LogP contribution in [0.5, 0.6) is 11.5 Å². The predicted molar refractivity (Wildman–Crippen MR) is 103 cm³/mol. The molecule has 1 heterocycles. The molecule has 0 aliphatic carbocycles. The molecule has 2 aromatic rings. The van der Waals surface area contributed by atoms with Crippen LogP contribution in [0.2, 0.25) is 10.0 Å². The zero-order valence-corrected chi connectivity index (χ0v) is 16.0. The Balaban J connectivity index is 1.65. The number of carbonyl (C=O) groups excluding carboxylic acids is 2. The summed E-state index contributed by atoms with van der Waals surface area (Å²) in [4.78, 5) is 26.3. The van der Waals surface area contributed by atoms with Crippen molar-refractivity contribution in [2.45, 2.75) is 13.0 Å². The number of carbonyl (C=O) groups is 2. The average Bonchev–Trinajstić information content (AvgIpc) is 3.02. The molecule has 0 unspecified atom stereocenters. The van der Waals surface area contributed by atoms with Crippen molar-refractivity contribution in [2.75, 3.05) is 18.6 Å². The van der Waals surface area contributed by atoms with Gasteiger partial charge in [0.2, 0.25) is 11.8 Å². The highest BCUT2D eigenvalue weighted by molar-refractivity contribution is 6.35. The summed E-state index contributed by atoms with van der Waals surface area (Å²) in [5.74, 6) is -0.284. The van der Waals surface area contributed by atoms with Gasteiger partial charge in [0.25, 0.3) is 0 Å². The predicted octanol–water partition coefficient (Wildman–Crippen LogP) is 3.38. The van der Waals surface area contributed by atoms with Crippen LogP contribution in [0.3, 0.4) is 0 Å². The Bertz CT molecular complexity index is 868. The molecule has 2 aromatic carbocycles. The lowest BCUT2D eigenvalue weighted by atomic mass is 10.1. The standard InChI is InChI=1S/C19H18Cl2N2O4/c1-27-16-2-3-17(24)11(4-16)9-22-19(26)12-5-18(25)23(10-12)15-7-13(20)6-14(21)8-15/h2-4,6-8,12,24H,5,9-10H2,1H3,(H,22,26)/t12-/m0/s1. The van der Waals surface area contributed by atoms with Gasteiger partial charge in [0.15, 0.2) is 0 Å². The number of phenolic OH excluding ortho intramolecular Hbond substituents is 1. The zero-order valence-electron chi connectivity index (χ0n) is 14.5. The molecule has 0 radical (unpaired) electrons. The Kier molecular flexibility index (Phi) is 5.77. The third-order valence-corrected chi connectivity index (χ3v) is 4.83. The van der Waals surface area contributed by atoms with E-state index in [9.17, 15) is 14.7 Å². The number of amides is 2. The summed E-state index contributed by atoms with van der Waals surface area (Å²) in [7, 11) is 1.52. The minimum atomic E-state index is -0.497. The van der Waals surface area contributed by atoms with E-state index in [1.54, 1.807) is 30.3 Å². The number of hydrogen-bond acceptors (Lipinski definition) is 4. The lowest BCUT2D eigenvalue weighted by Crippen LogP contribution is -2.32. The van der Waals surface area contributed by atoms with Gasteiger partial charge in [-0.3, -0.25) is 9.59 Å². The van der Waals surface area contributed by atoms with Crippen molar-refractivity contribution in [1.82, 2.24) is 5.32 Å². The van der Waals surface area contributed by atoms with Crippen molar-refractivity contribution in [3.05, 3.63) is 52.0 Å². The number of nitrogens with zero attached hydrogens (tertiary/aromatic N) is 1. The van der Waals surface area contributed by atoms with Crippen molar-refractivity contribution in [1.29, 1.82) is 0 Å². The lowest BCUT2D eigenvalue weighted by Gasteiger charge is -2.17. The molecule has 0 aromatic heterocycles. The van der Waals surface area contributed by atoms with E-state index in [-0.39, 0.29) is 37.1 Å². The second-order valence-electron chi connectivity index (χ2n) is 6.25. The molecule has 27 heavy (non-hydrogen) atoms. The van der Waals surface area contributed by atoms with Gasteiger partial charge in [0.05, 0.1) is 13.0 Å². The first-order valence-corrected chi connectivity index (χ1v) is 9.03. The Labute approximate surface area is 166 Å². The van der Waals surface area contributed by atoms with Gasteiger partial charge in [-0.25, -0.2) is 0 Å². The number of aromatic hydroxyl groups is 1. The van der Waals surface area contributed by atoms with E-state index < -0.39 is 5.92 Å². The Morgan fingerprint density at radius 2 is 1.96 bits per heavy atom. The van der Waals surface area contributed by atoms with E-state index >= 15 is 0 Å². The Morgan fingerprint density at radius 3 is 2.63 bits per heavy atom. The van der Waals surface area contributed by atoms with E-state index in [0.29, 0.717) is 27.0 Å². The maximum atomic E-state index is 12.5. The number of ether oxygens (including phenoxy) is 1. The summed E-state index contributed by atoms with van der Waals surface area (Å²) < 4.78 is 5.12. The summed E-state index contributed by atoms with van der Waals surface area (Å²) in [6, 6.07) is 9.64. The molecule has 0 bridgehead atoms. The molecule has 1 atom stereocenters. The molecule has 0 saturated carbocycles. The van der Waals surface area contributed by atoms with Gasteiger partial charge in [-0.15, -0.1) is 0 Å². The highest BCUT2D eigenvalue weighted by Gasteiger charge is 2.35. The topological polar surface area (TPSA) is 78.9 Å². The van der Waals surface area contributed by atoms with Crippen LogP contribution < -0.4 is 15.0 Å². The van der Waals surface area contributed by atoms with Crippen LogP contribution in [-0.4, -0.2) is 30.6 Å². The number of nitrogens with one attached hydrogen (secondary N) is 1. The number of anilines is 1. The molecule has 0 spiro atoms. The molecular weight excluding hydrogens is 391 g/mol. The third-order valence-electron chi connectivity index (χ3n) is 4.39. The number of benzene rings is 2. The quantitative estimate of drug-likeness (QED) is 0.794. The molecule has 3 rings (SSSR count). The van der Waals surface area contributed by atoms with Crippen LogP contribution in [0.25, 0.3) is 0 Å². The van der Waals surface area contributed by atoms with Crippen molar-refractivity contribution in [2.24, 2.45) is 5.92 Å². The van der Waals surface area contributed by atoms with Crippen molar-refractivity contribution >= 4 is 40.7 Å². The fraction of sp³-hybridized carbons (Fsp3) is 0.263. The molecule has 2 amide bonds. The molecule has 1 saturated heterocycles. The van der Waals surface area contributed by atoms with Crippen LogP contribution in [0.15, 0.2) is 36.4 Å². The van der Waals surface area contributed by atoms with Crippen LogP contribution in [0, 0.1) is 5.92 Å². The summed E-state index contributed by atoms with van der Waals surface area (Å²) in [5.41, 5.74) is 1.10. The summed E-state index contributed by atoms with van der Waals surface area (Å²) in [6.07, 6.45) is 0.0973. The van der Waals surface area contributed by atoms with Crippen LogP contribution in [0.4, 0.5) is 5.69 Å². The van der Waals surface area contributed by atoms with E-state index in [1.807, 2.05) is 0 Å². The average molecular weight is 409 g/mol. The normalized spacial score (nSPS) is 16.5. The first-order chi connectivity index (χ1) is 12.9. The van der Waals surface area contributed by atoms with E-state index in [4.69, 9.17) is 27.9 Å². The maximum absolute atomic E-state index is 12.5. The molecule has 1 fully saturated rings. The highest BCUT2D eigenvalue weighted by atomic mass is 35.5. The molecule has 142 valence electrons. The fourth-order valence-electron chi connectivity index (χ4n) is 2.98. The van der Waals surface area contributed by atoms with E-state index in [1.165, 1.54) is 18.1 Å².